The lowest BCUT2D eigenvalue weighted by Gasteiger charge is -2.37. The molecule has 1 aromatic carbocycles. The third kappa shape index (κ3) is 5.44. The number of amides is 1. The van der Waals surface area contributed by atoms with Gasteiger partial charge in [-0.15, -0.1) is 0 Å². The van der Waals surface area contributed by atoms with Crippen LogP contribution in [0.3, 0.4) is 0 Å². The van der Waals surface area contributed by atoms with Crippen molar-refractivity contribution in [2.45, 2.75) is 6.92 Å². The predicted molar refractivity (Wildman–Crippen MR) is 109 cm³/mol. The van der Waals surface area contributed by atoms with Crippen molar-refractivity contribution in [3.05, 3.63) is 54.7 Å². The summed E-state index contributed by atoms with van der Waals surface area (Å²) in [6.45, 7) is 6.31. The van der Waals surface area contributed by atoms with Gasteiger partial charge in [0.15, 0.2) is 5.96 Å². The maximum Gasteiger partial charge on any atom is 0.246 e. The molecule has 1 fully saturated rings. The Morgan fingerprint density at radius 3 is 2.48 bits per heavy atom. The first kappa shape index (κ1) is 18.7. The summed E-state index contributed by atoms with van der Waals surface area (Å²) in [5, 5.41) is 6.15. The fraction of sp³-hybridized carbons (Fsp3) is 0.350. The zero-order valence-corrected chi connectivity index (χ0v) is 15.6. The minimum Gasteiger partial charge on any atom is -0.357 e. The summed E-state index contributed by atoms with van der Waals surface area (Å²) in [5.41, 5.74) is 0.784. The number of carbonyl (C=O) groups excluding carboxylic acids is 1. The Hall–Kier alpha value is -3.09. The lowest BCUT2D eigenvalue weighted by molar-refractivity contribution is -0.114. The lowest BCUT2D eigenvalue weighted by atomic mass is 10.3. The molecule has 1 saturated heterocycles. The Bertz CT molecular complexity index is 742. The van der Waals surface area contributed by atoms with Crippen LogP contribution in [0.4, 0.5) is 11.5 Å². The van der Waals surface area contributed by atoms with E-state index in [2.05, 4.69) is 30.4 Å². The summed E-state index contributed by atoms with van der Waals surface area (Å²) in [4.78, 5) is 25.6. The Morgan fingerprint density at radius 1 is 1.07 bits per heavy atom. The standard InChI is InChI=1S/C20H26N6O/c1-2-21-20(23-16-19(27)24-17-8-4-3-5-9-17)26-14-12-25(13-15-26)18-10-6-7-11-22-18/h3-11H,2,12-16H2,1H3,(H,21,23)(H,24,27). The van der Waals surface area contributed by atoms with Crippen LogP contribution in [-0.2, 0) is 4.79 Å². The third-order valence-electron chi connectivity index (χ3n) is 4.32. The highest BCUT2D eigenvalue weighted by molar-refractivity contribution is 5.94. The largest absolute Gasteiger partial charge is 0.357 e. The first-order chi connectivity index (χ1) is 13.3. The van der Waals surface area contributed by atoms with Crippen molar-refractivity contribution in [1.82, 2.24) is 15.2 Å². The van der Waals surface area contributed by atoms with Crippen molar-refractivity contribution < 1.29 is 4.79 Å². The number of rotatable bonds is 5. The van der Waals surface area contributed by atoms with Gasteiger partial charge in [0.1, 0.15) is 12.4 Å². The molecule has 1 amide bonds. The van der Waals surface area contributed by atoms with E-state index in [1.165, 1.54) is 0 Å². The molecule has 0 radical (unpaired) electrons. The molecule has 2 N–H and O–H groups in total. The topological polar surface area (TPSA) is 72.9 Å². The molecule has 0 atom stereocenters. The molecule has 3 rings (SSSR count). The van der Waals surface area contributed by atoms with Gasteiger partial charge in [-0.3, -0.25) is 4.79 Å². The third-order valence-corrected chi connectivity index (χ3v) is 4.32. The molecular formula is C20H26N6O. The van der Waals surface area contributed by atoms with Crippen LogP contribution in [0.5, 0.6) is 0 Å². The van der Waals surface area contributed by atoms with E-state index in [9.17, 15) is 4.79 Å². The van der Waals surface area contributed by atoms with Crippen LogP contribution in [-0.4, -0.2) is 61.0 Å². The average molecular weight is 366 g/mol. The number of aliphatic imine (C=N–C) groups is 1. The number of anilines is 2. The quantitative estimate of drug-likeness (QED) is 0.624. The number of pyridine rings is 1. The van der Waals surface area contributed by atoms with E-state index >= 15 is 0 Å². The zero-order valence-electron chi connectivity index (χ0n) is 15.6. The number of guanidine groups is 1. The second kappa shape index (κ2) is 9.56. The molecule has 1 aliphatic rings. The molecule has 0 spiro atoms. The van der Waals surface area contributed by atoms with E-state index < -0.39 is 0 Å². The second-order valence-corrected chi connectivity index (χ2v) is 6.25. The van der Waals surface area contributed by atoms with Gasteiger partial charge in [0.25, 0.3) is 0 Å². The molecule has 7 heteroatoms. The molecule has 2 aromatic rings. The van der Waals surface area contributed by atoms with E-state index in [4.69, 9.17) is 0 Å². The van der Waals surface area contributed by atoms with E-state index in [-0.39, 0.29) is 12.5 Å². The smallest absolute Gasteiger partial charge is 0.246 e. The fourth-order valence-electron chi connectivity index (χ4n) is 2.98. The predicted octanol–water partition coefficient (Wildman–Crippen LogP) is 1.81. The number of hydrogen-bond acceptors (Lipinski definition) is 4. The summed E-state index contributed by atoms with van der Waals surface area (Å²) in [7, 11) is 0. The van der Waals surface area contributed by atoms with Gasteiger partial charge >= 0.3 is 0 Å². The molecule has 0 unspecified atom stereocenters. The van der Waals surface area contributed by atoms with Crippen LogP contribution >= 0.6 is 0 Å². The van der Waals surface area contributed by atoms with Crippen molar-refractivity contribution in [1.29, 1.82) is 0 Å². The number of nitrogens with zero attached hydrogens (tertiary/aromatic N) is 4. The summed E-state index contributed by atoms with van der Waals surface area (Å²) < 4.78 is 0. The highest BCUT2D eigenvalue weighted by Crippen LogP contribution is 2.12. The van der Waals surface area contributed by atoms with Crippen molar-refractivity contribution >= 4 is 23.4 Å². The number of hydrogen-bond donors (Lipinski definition) is 2. The Labute approximate surface area is 160 Å². The van der Waals surface area contributed by atoms with Crippen molar-refractivity contribution in [3.8, 4) is 0 Å². The second-order valence-electron chi connectivity index (χ2n) is 6.25. The first-order valence-corrected chi connectivity index (χ1v) is 9.30. The van der Waals surface area contributed by atoms with Crippen LogP contribution in [0.2, 0.25) is 0 Å². The molecule has 0 saturated carbocycles. The molecule has 27 heavy (non-hydrogen) atoms. The molecule has 0 bridgehead atoms. The molecule has 1 aromatic heterocycles. The van der Waals surface area contributed by atoms with Crippen molar-refractivity contribution in [2.75, 3.05) is 49.5 Å². The lowest BCUT2D eigenvalue weighted by Crippen LogP contribution is -2.53. The first-order valence-electron chi connectivity index (χ1n) is 9.30. The Morgan fingerprint density at radius 2 is 1.81 bits per heavy atom. The van der Waals surface area contributed by atoms with Gasteiger partial charge < -0.3 is 20.4 Å². The van der Waals surface area contributed by atoms with Gasteiger partial charge in [0, 0.05) is 44.6 Å². The summed E-state index contributed by atoms with van der Waals surface area (Å²) in [6.07, 6.45) is 1.82. The normalized spacial score (nSPS) is 14.8. The molecule has 142 valence electrons. The van der Waals surface area contributed by atoms with Gasteiger partial charge in [-0.05, 0) is 31.2 Å². The average Bonchev–Trinajstić information content (AvgIpc) is 2.73. The van der Waals surface area contributed by atoms with Crippen LogP contribution in [0.1, 0.15) is 6.92 Å². The van der Waals surface area contributed by atoms with E-state index in [1.807, 2.05) is 61.7 Å². The maximum absolute atomic E-state index is 12.2. The highest BCUT2D eigenvalue weighted by Gasteiger charge is 2.20. The van der Waals surface area contributed by atoms with Gasteiger partial charge in [-0.25, -0.2) is 9.98 Å². The van der Waals surface area contributed by atoms with Crippen LogP contribution in [0.15, 0.2) is 59.7 Å². The van der Waals surface area contributed by atoms with Gasteiger partial charge in [-0.1, -0.05) is 24.3 Å². The fourth-order valence-corrected chi connectivity index (χ4v) is 2.98. The molecular weight excluding hydrogens is 340 g/mol. The number of benzene rings is 1. The van der Waals surface area contributed by atoms with Crippen LogP contribution in [0, 0.1) is 0 Å². The summed E-state index contributed by atoms with van der Waals surface area (Å²) in [5.74, 6) is 1.66. The number of piperazine rings is 1. The van der Waals surface area contributed by atoms with Gasteiger partial charge in [0.2, 0.25) is 5.91 Å². The van der Waals surface area contributed by atoms with Gasteiger partial charge in [-0.2, -0.15) is 0 Å². The SMILES string of the molecule is CCNC(=NCC(=O)Nc1ccccc1)N1CCN(c2ccccn2)CC1. The minimum atomic E-state index is -0.122. The highest BCUT2D eigenvalue weighted by atomic mass is 16.1. The minimum absolute atomic E-state index is 0.0949. The Balaban J connectivity index is 1.55. The van der Waals surface area contributed by atoms with Crippen molar-refractivity contribution in [3.63, 3.8) is 0 Å². The number of para-hydroxylation sites is 1. The number of nitrogens with one attached hydrogen (secondary N) is 2. The summed E-state index contributed by atoms with van der Waals surface area (Å²) in [6, 6.07) is 15.4. The number of carbonyl (C=O) groups is 1. The Kier molecular flexibility index (Phi) is 6.62. The van der Waals surface area contributed by atoms with E-state index in [0.29, 0.717) is 0 Å². The van der Waals surface area contributed by atoms with Gasteiger partial charge in [0.05, 0.1) is 0 Å². The maximum atomic E-state index is 12.2. The van der Waals surface area contributed by atoms with Crippen molar-refractivity contribution in [2.24, 2.45) is 4.99 Å². The molecule has 2 heterocycles. The van der Waals surface area contributed by atoms with E-state index in [0.717, 1.165) is 50.2 Å². The summed E-state index contributed by atoms with van der Waals surface area (Å²) >= 11 is 0. The molecule has 7 nitrogen and oxygen atoms in total. The monoisotopic (exact) mass is 366 g/mol. The van der Waals surface area contributed by atoms with E-state index in [1.54, 1.807) is 0 Å². The number of aromatic nitrogens is 1. The van der Waals surface area contributed by atoms with Crippen LogP contribution < -0.4 is 15.5 Å². The molecule has 1 aliphatic heterocycles. The van der Waals surface area contributed by atoms with Crippen LogP contribution in [0.25, 0.3) is 0 Å². The molecule has 0 aliphatic carbocycles. The zero-order chi connectivity index (χ0) is 18.9.